The van der Waals surface area contributed by atoms with Crippen LogP contribution in [0.1, 0.15) is 11.1 Å². The van der Waals surface area contributed by atoms with Crippen molar-refractivity contribution in [3.63, 3.8) is 0 Å². The first-order chi connectivity index (χ1) is 9.42. The minimum absolute atomic E-state index is 0.116. The van der Waals surface area contributed by atoms with Gasteiger partial charge < -0.3 is 8.92 Å². The lowest BCUT2D eigenvalue weighted by Gasteiger charge is -2.11. The standard InChI is InChI=1S/C15H16O4S/c1-11-4-7-13(8-5-11)20(16,17)19-14-9-6-12(2)10-15(14)18-3/h4-10H,1-3H3. The average Bonchev–Trinajstić information content (AvgIpc) is 2.41. The van der Waals surface area contributed by atoms with Gasteiger partial charge in [-0.1, -0.05) is 23.8 Å². The van der Waals surface area contributed by atoms with Gasteiger partial charge in [-0.3, -0.25) is 0 Å². The molecule has 0 saturated carbocycles. The van der Waals surface area contributed by atoms with Gasteiger partial charge >= 0.3 is 10.1 Å². The van der Waals surface area contributed by atoms with Crippen LogP contribution in [0.4, 0.5) is 0 Å². The third-order valence-electron chi connectivity index (χ3n) is 2.83. The van der Waals surface area contributed by atoms with Crippen molar-refractivity contribution in [2.75, 3.05) is 7.11 Å². The number of ether oxygens (including phenoxy) is 1. The van der Waals surface area contributed by atoms with E-state index in [-0.39, 0.29) is 10.6 Å². The van der Waals surface area contributed by atoms with E-state index in [9.17, 15) is 8.42 Å². The number of methoxy groups -OCH3 is 1. The molecule has 0 aromatic heterocycles. The maximum absolute atomic E-state index is 12.2. The third kappa shape index (κ3) is 3.11. The Morgan fingerprint density at radius 1 is 0.850 bits per heavy atom. The highest BCUT2D eigenvalue weighted by Crippen LogP contribution is 2.30. The molecule has 0 N–H and O–H groups in total. The normalized spacial score (nSPS) is 11.2. The van der Waals surface area contributed by atoms with Gasteiger partial charge in [0.15, 0.2) is 11.5 Å². The minimum Gasteiger partial charge on any atom is -0.493 e. The highest BCUT2D eigenvalue weighted by atomic mass is 32.2. The van der Waals surface area contributed by atoms with E-state index in [0.29, 0.717) is 5.75 Å². The van der Waals surface area contributed by atoms with Crippen molar-refractivity contribution in [1.29, 1.82) is 0 Å². The van der Waals surface area contributed by atoms with Crippen LogP contribution in [0.25, 0.3) is 0 Å². The van der Waals surface area contributed by atoms with Crippen LogP contribution in [0.15, 0.2) is 47.4 Å². The lowest BCUT2D eigenvalue weighted by Crippen LogP contribution is -2.10. The fourth-order valence-corrected chi connectivity index (χ4v) is 2.65. The molecule has 2 aromatic rings. The quantitative estimate of drug-likeness (QED) is 0.813. The summed E-state index contributed by atoms with van der Waals surface area (Å²) >= 11 is 0. The molecule has 2 aromatic carbocycles. The van der Waals surface area contributed by atoms with E-state index in [0.717, 1.165) is 11.1 Å². The molecular formula is C15H16O4S. The van der Waals surface area contributed by atoms with Crippen LogP contribution in [0.3, 0.4) is 0 Å². The lowest BCUT2D eigenvalue weighted by molar-refractivity contribution is 0.390. The maximum atomic E-state index is 12.2. The van der Waals surface area contributed by atoms with Crippen molar-refractivity contribution in [2.45, 2.75) is 18.7 Å². The SMILES string of the molecule is COc1cc(C)ccc1OS(=O)(=O)c1ccc(C)cc1. The van der Waals surface area contributed by atoms with Crippen molar-refractivity contribution in [3.8, 4) is 11.5 Å². The molecule has 0 amide bonds. The number of benzene rings is 2. The number of hydrogen-bond donors (Lipinski definition) is 0. The van der Waals surface area contributed by atoms with E-state index in [2.05, 4.69) is 0 Å². The molecule has 0 atom stereocenters. The largest absolute Gasteiger partial charge is 0.493 e. The van der Waals surface area contributed by atoms with E-state index in [1.54, 1.807) is 30.3 Å². The molecule has 0 spiro atoms. The van der Waals surface area contributed by atoms with Crippen LogP contribution in [0.5, 0.6) is 11.5 Å². The first-order valence-corrected chi connectivity index (χ1v) is 7.49. The van der Waals surface area contributed by atoms with Crippen molar-refractivity contribution < 1.29 is 17.3 Å². The first-order valence-electron chi connectivity index (χ1n) is 6.08. The second kappa shape index (κ2) is 5.54. The van der Waals surface area contributed by atoms with E-state index in [1.165, 1.54) is 19.2 Å². The average molecular weight is 292 g/mol. The second-order valence-corrected chi connectivity index (χ2v) is 6.05. The van der Waals surface area contributed by atoms with E-state index in [4.69, 9.17) is 8.92 Å². The Kier molecular flexibility index (Phi) is 3.99. The van der Waals surface area contributed by atoms with Crippen LogP contribution in [-0.4, -0.2) is 15.5 Å². The smallest absolute Gasteiger partial charge is 0.339 e. The molecule has 0 aliphatic rings. The van der Waals surface area contributed by atoms with Crippen LogP contribution in [0.2, 0.25) is 0 Å². The summed E-state index contributed by atoms with van der Waals surface area (Å²) in [6.07, 6.45) is 0. The van der Waals surface area contributed by atoms with Crippen molar-refractivity contribution in [2.24, 2.45) is 0 Å². The predicted octanol–water partition coefficient (Wildman–Crippen LogP) is 3.08. The Hall–Kier alpha value is -2.01. The molecule has 0 aliphatic carbocycles. The summed E-state index contributed by atoms with van der Waals surface area (Å²) < 4.78 is 34.7. The van der Waals surface area contributed by atoms with Gasteiger partial charge in [-0.25, -0.2) is 0 Å². The van der Waals surface area contributed by atoms with Gasteiger partial charge in [-0.05, 0) is 43.7 Å². The minimum atomic E-state index is -3.86. The second-order valence-electron chi connectivity index (χ2n) is 4.50. The summed E-state index contributed by atoms with van der Waals surface area (Å²) in [5.74, 6) is 0.569. The molecule has 0 saturated heterocycles. The Balaban J connectivity index is 2.35. The van der Waals surface area contributed by atoms with Crippen LogP contribution < -0.4 is 8.92 Å². The summed E-state index contributed by atoms with van der Waals surface area (Å²) in [5, 5.41) is 0. The third-order valence-corrected chi connectivity index (χ3v) is 4.08. The van der Waals surface area contributed by atoms with Crippen LogP contribution in [-0.2, 0) is 10.1 Å². The molecule has 0 bridgehead atoms. The fraction of sp³-hybridized carbons (Fsp3) is 0.200. The Bertz CT molecular complexity index is 703. The Morgan fingerprint density at radius 2 is 1.45 bits per heavy atom. The zero-order valence-electron chi connectivity index (χ0n) is 11.6. The molecule has 0 aliphatic heterocycles. The Labute approximate surface area is 119 Å². The van der Waals surface area contributed by atoms with Gasteiger partial charge in [0, 0.05) is 0 Å². The molecule has 0 heterocycles. The van der Waals surface area contributed by atoms with Gasteiger partial charge in [0.1, 0.15) is 4.90 Å². The van der Waals surface area contributed by atoms with Crippen molar-refractivity contribution in [1.82, 2.24) is 0 Å². The van der Waals surface area contributed by atoms with Gasteiger partial charge in [-0.15, -0.1) is 0 Å². The number of aryl methyl sites for hydroxylation is 2. The highest BCUT2D eigenvalue weighted by Gasteiger charge is 2.18. The van der Waals surface area contributed by atoms with E-state index >= 15 is 0 Å². The predicted molar refractivity (Wildman–Crippen MR) is 76.7 cm³/mol. The molecule has 106 valence electrons. The van der Waals surface area contributed by atoms with Gasteiger partial charge in [0.25, 0.3) is 0 Å². The molecular weight excluding hydrogens is 276 g/mol. The number of rotatable bonds is 4. The zero-order valence-corrected chi connectivity index (χ0v) is 12.4. The summed E-state index contributed by atoms with van der Waals surface area (Å²) in [6.45, 7) is 3.78. The van der Waals surface area contributed by atoms with Gasteiger partial charge in [0.2, 0.25) is 0 Å². The van der Waals surface area contributed by atoms with E-state index in [1.807, 2.05) is 13.8 Å². The molecule has 0 radical (unpaired) electrons. The summed E-state index contributed by atoms with van der Waals surface area (Å²) in [6, 6.07) is 11.6. The summed E-state index contributed by atoms with van der Waals surface area (Å²) in [4.78, 5) is 0.116. The zero-order chi connectivity index (χ0) is 14.8. The molecule has 0 fully saturated rings. The highest BCUT2D eigenvalue weighted by molar-refractivity contribution is 7.87. The first kappa shape index (κ1) is 14.4. The molecule has 4 nitrogen and oxygen atoms in total. The monoisotopic (exact) mass is 292 g/mol. The van der Waals surface area contributed by atoms with Crippen molar-refractivity contribution >= 4 is 10.1 Å². The molecule has 5 heteroatoms. The fourth-order valence-electron chi connectivity index (χ4n) is 1.71. The van der Waals surface area contributed by atoms with Crippen LogP contribution >= 0.6 is 0 Å². The number of hydrogen-bond acceptors (Lipinski definition) is 4. The summed E-state index contributed by atoms with van der Waals surface area (Å²) in [5.41, 5.74) is 1.94. The van der Waals surface area contributed by atoms with Gasteiger partial charge in [0.05, 0.1) is 7.11 Å². The summed E-state index contributed by atoms with van der Waals surface area (Å²) in [7, 11) is -2.38. The molecule has 2 rings (SSSR count). The van der Waals surface area contributed by atoms with Gasteiger partial charge in [-0.2, -0.15) is 8.42 Å². The topological polar surface area (TPSA) is 52.6 Å². The maximum Gasteiger partial charge on any atom is 0.339 e. The Morgan fingerprint density at radius 3 is 2.05 bits per heavy atom. The van der Waals surface area contributed by atoms with E-state index < -0.39 is 10.1 Å². The lowest BCUT2D eigenvalue weighted by atomic mass is 10.2. The van der Waals surface area contributed by atoms with Crippen molar-refractivity contribution in [3.05, 3.63) is 53.6 Å². The van der Waals surface area contributed by atoms with Crippen LogP contribution in [0, 0.1) is 13.8 Å². The molecule has 20 heavy (non-hydrogen) atoms. The molecule has 0 unspecified atom stereocenters.